The van der Waals surface area contributed by atoms with Gasteiger partial charge >= 0.3 is 0 Å². The number of amides is 2. The Balaban J connectivity index is 1.33. The first kappa shape index (κ1) is 27.8. The topological polar surface area (TPSA) is 77.6 Å². The Morgan fingerprint density at radius 3 is 2.58 bits per heavy atom. The molecule has 2 aliphatic heterocycles. The van der Waals surface area contributed by atoms with Crippen LogP contribution in [0.5, 0.6) is 0 Å². The fourth-order valence-electron chi connectivity index (χ4n) is 5.15. The fourth-order valence-corrected chi connectivity index (χ4v) is 6.87. The summed E-state index contributed by atoms with van der Waals surface area (Å²) in [5, 5.41) is 7.25. The van der Waals surface area contributed by atoms with Gasteiger partial charge < -0.3 is 15.5 Å². The number of pyridine rings is 1. The second-order valence-corrected chi connectivity index (χ2v) is 16.9. The number of anilines is 2. The van der Waals surface area contributed by atoms with Crippen molar-refractivity contribution < 1.29 is 9.59 Å². The highest BCUT2D eigenvalue weighted by Gasteiger charge is 2.24. The molecule has 0 bridgehead atoms. The van der Waals surface area contributed by atoms with Crippen molar-refractivity contribution in [2.75, 3.05) is 43.9 Å². The average molecular weight is 552 g/mol. The minimum Gasteiger partial charge on any atom is -0.322 e. The number of hydrogen-bond donors (Lipinski definition) is 2. The first-order valence-corrected chi connectivity index (χ1v) is 17.3. The highest BCUT2D eigenvalue weighted by atomic mass is 28.3. The van der Waals surface area contributed by atoms with Gasteiger partial charge in [-0.1, -0.05) is 48.8 Å². The molecule has 2 amide bonds. The van der Waals surface area contributed by atoms with Gasteiger partial charge in [-0.05, 0) is 55.4 Å². The lowest BCUT2D eigenvalue weighted by Gasteiger charge is -2.33. The highest BCUT2D eigenvalue weighted by Crippen LogP contribution is 2.21. The number of rotatable bonds is 5. The molecule has 1 fully saturated rings. The standard InChI is InChI=1S/C32H37N5O2Si/c1-22-6-8-25(17-24(22)9-7-23-16-27-18-30(38)35-31(27)33-20-23)32(39)34-28-11-10-26(29(19-28)40(3,4)5)21-37-14-12-36(2)13-15-37/h6,8,10-11,16-17,19-20H,12-15,18,21H2,1-5H3,(H,34,39)(H,33,35,38). The molecule has 2 aromatic carbocycles. The number of nitrogens with zero attached hydrogens (tertiary/aromatic N) is 3. The Morgan fingerprint density at radius 2 is 1.82 bits per heavy atom. The third-order valence-electron chi connectivity index (χ3n) is 7.58. The van der Waals surface area contributed by atoms with E-state index >= 15 is 0 Å². The van der Waals surface area contributed by atoms with Gasteiger partial charge in [-0.2, -0.15) is 0 Å². The molecule has 0 atom stereocenters. The lowest BCUT2D eigenvalue weighted by molar-refractivity contribution is -0.115. The van der Waals surface area contributed by atoms with Crippen LogP contribution >= 0.6 is 0 Å². The molecule has 0 saturated carbocycles. The first-order chi connectivity index (χ1) is 19.0. The van der Waals surface area contributed by atoms with E-state index < -0.39 is 8.07 Å². The summed E-state index contributed by atoms with van der Waals surface area (Å²) in [4.78, 5) is 34.1. The monoisotopic (exact) mass is 551 g/mol. The van der Waals surface area contributed by atoms with Crippen LogP contribution in [0.15, 0.2) is 48.7 Å². The third kappa shape index (κ3) is 6.50. The molecule has 40 heavy (non-hydrogen) atoms. The normalized spacial score (nSPS) is 15.7. The molecule has 1 aromatic heterocycles. The summed E-state index contributed by atoms with van der Waals surface area (Å²) in [5.41, 5.74) is 6.12. The summed E-state index contributed by atoms with van der Waals surface area (Å²) in [6.45, 7) is 14.4. The minimum absolute atomic E-state index is 0.0520. The highest BCUT2D eigenvalue weighted by molar-refractivity contribution is 6.89. The number of aromatic nitrogens is 1. The number of benzene rings is 2. The Morgan fingerprint density at radius 1 is 1.05 bits per heavy atom. The van der Waals surface area contributed by atoms with Gasteiger partial charge in [0.25, 0.3) is 5.91 Å². The zero-order chi connectivity index (χ0) is 28.4. The smallest absolute Gasteiger partial charge is 0.255 e. The number of fused-ring (bicyclic) bond motifs is 1. The summed E-state index contributed by atoms with van der Waals surface area (Å²) >= 11 is 0. The van der Waals surface area contributed by atoms with Crippen molar-refractivity contribution in [1.82, 2.24) is 14.8 Å². The van der Waals surface area contributed by atoms with Crippen molar-refractivity contribution in [3.05, 3.63) is 82.0 Å². The van der Waals surface area contributed by atoms with Crippen LogP contribution in [0.25, 0.3) is 0 Å². The van der Waals surface area contributed by atoms with Gasteiger partial charge in [0, 0.05) is 66.9 Å². The maximum absolute atomic E-state index is 13.3. The first-order valence-electron chi connectivity index (χ1n) is 13.8. The van der Waals surface area contributed by atoms with Gasteiger partial charge in [0.15, 0.2) is 0 Å². The van der Waals surface area contributed by atoms with Crippen LogP contribution in [-0.2, 0) is 17.8 Å². The number of carbonyl (C=O) groups is 2. The van der Waals surface area contributed by atoms with E-state index in [0.717, 1.165) is 60.7 Å². The molecule has 2 aliphatic rings. The summed E-state index contributed by atoms with van der Waals surface area (Å²) in [6, 6.07) is 13.9. The molecule has 0 aliphatic carbocycles. The van der Waals surface area contributed by atoms with Crippen molar-refractivity contribution in [3.8, 4) is 11.8 Å². The van der Waals surface area contributed by atoms with E-state index in [-0.39, 0.29) is 11.8 Å². The predicted molar refractivity (Wildman–Crippen MR) is 164 cm³/mol. The molecular formula is C32H37N5O2Si. The molecular weight excluding hydrogens is 514 g/mol. The lowest BCUT2D eigenvalue weighted by Crippen LogP contribution is -2.46. The van der Waals surface area contributed by atoms with E-state index in [1.165, 1.54) is 10.8 Å². The average Bonchev–Trinajstić information content (AvgIpc) is 3.29. The molecule has 3 aromatic rings. The Bertz CT molecular complexity index is 1520. The van der Waals surface area contributed by atoms with Gasteiger partial charge in [-0.25, -0.2) is 4.98 Å². The van der Waals surface area contributed by atoms with Crippen LogP contribution < -0.4 is 15.8 Å². The lowest BCUT2D eigenvalue weighted by atomic mass is 10.0. The fraction of sp³-hybridized carbons (Fsp3) is 0.344. The van der Waals surface area contributed by atoms with Crippen molar-refractivity contribution in [1.29, 1.82) is 0 Å². The zero-order valence-corrected chi connectivity index (χ0v) is 25.0. The van der Waals surface area contributed by atoms with Crippen LogP contribution in [0.4, 0.5) is 11.5 Å². The molecule has 0 radical (unpaired) electrons. The number of hydrogen-bond acceptors (Lipinski definition) is 5. The second kappa shape index (κ2) is 11.4. The second-order valence-electron chi connectivity index (χ2n) is 11.9. The summed E-state index contributed by atoms with van der Waals surface area (Å²) in [7, 11) is 0.538. The summed E-state index contributed by atoms with van der Waals surface area (Å²) in [5.74, 6) is 6.74. The Kier molecular flexibility index (Phi) is 7.90. The molecule has 3 heterocycles. The van der Waals surface area contributed by atoms with Crippen LogP contribution in [0.1, 0.15) is 38.2 Å². The Labute approximate surface area is 238 Å². The van der Waals surface area contributed by atoms with E-state index in [4.69, 9.17) is 0 Å². The molecule has 2 N–H and O–H groups in total. The zero-order valence-electron chi connectivity index (χ0n) is 24.0. The molecule has 7 nitrogen and oxygen atoms in total. The summed E-state index contributed by atoms with van der Waals surface area (Å²) < 4.78 is 0. The molecule has 8 heteroatoms. The van der Waals surface area contributed by atoms with E-state index in [9.17, 15) is 9.59 Å². The van der Waals surface area contributed by atoms with Gasteiger partial charge in [0.05, 0.1) is 14.5 Å². The quantitative estimate of drug-likeness (QED) is 0.372. The minimum atomic E-state index is -1.64. The Hall–Kier alpha value is -3.77. The maximum atomic E-state index is 13.3. The third-order valence-corrected chi connectivity index (χ3v) is 9.66. The van der Waals surface area contributed by atoms with Crippen LogP contribution in [0, 0.1) is 18.8 Å². The van der Waals surface area contributed by atoms with Crippen molar-refractivity contribution in [3.63, 3.8) is 0 Å². The predicted octanol–water partition coefficient (Wildman–Crippen LogP) is 3.83. The van der Waals surface area contributed by atoms with E-state index in [0.29, 0.717) is 17.8 Å². The number of aryl methyl sites for hydroxylation is 1. The summed E-state index contributed by atoms with van der Waals surface area (Å²) in [6.07, 6.45) is 1.98. The van der Waals surface area contributed by atoms with Crippen molar-refractivity contribution in [2.45, 2.75) is 39.5 Å². The van der Waals surface area contributed by atoms with Gasteiger partial charge in [0.1, 0.15) is 5.82 Å². The van der Waals surface area contributed by atoms with Crippen LogP contribution in [0.3, 0.4) is 0 Å². The molecule has 206 valence electrons. The molecule has 5 rings (SSSR count). The molecule has 0 unspecified atom stereocenters. The number of piperazine rings is 1. The van der Waals surface area contributed by atoms with E-state index in [1.54, 1.807) is 6.20 Å². The van der Waals surface area contributed by atoms with E-state index in [2.05, 4.69) is 76.1 Å². The maximum Gasteiger partial charge on any atom is 0.255 e. The SMILES string of the molecule is Cc1ccc(C(=O)Nc2ccc(CN3CCN(C)CC3)c([Si](C)(C)C)c2)cc1C#Cc1cnc2c(c1)CC(=O)N2. The van der Waals surface area contributed by atoms with Gasteiger partial charge in [0.2, 0.25) is 5.91 Å². The van der Waals surface area contributed by atoms with Crippen LogP contribution in [-0.4, -0.2) is 67.9 Å². The number of carbonyl (C=O) groups excluding carboxylic acids is 2. The van der Waals surface area contributed by atoms with Gasteiger partial charge in [-0.3, -0.25) is 14.5 Å². The number of nitrogens with one attached hydrogen (secondary N) is 2. The number of likely N-dealkylation sites (N-methyl/N-ethyl adjacent to an activating group) is 1. The van der Waals surface area contributed by atoms with E-state index in [1.807, 2.05) is 37.3 Å². The molecule has 1 saturated heterocycles. The van der Waals surface area contributed by atoms with Gasteiger partial charge in [-0.15, -0.1) is 0 Å². The molecule has 0 spiro atoms. The van der Waals surface area contributed by atoms with Crippen LogP contribution in [0.2, 0.25) is 19.6 Å². The largest absolute Gasteiger partial charge is 0.322 e. The van der Waals surface area contributed by atoms with Crippen molar-refractivity contribution in [2.24, 2.45) is 0 Å². The van der Waals surface area contributed by atoms with Crippen molar-refractivity contribution >= 4 is 36.6 Å².